The van der Waals surface area contributed by atoms with Crippen LogP contribution >= 0.6 is 23.8 Å². The summed E-state index contributed by atoms with van der Waals surface area (Å²) in [6, 6.07) is 3.68. The molecule has 28 heavy (non-hydrogen) atoms. The minimum absolute atomic E-state index is 0.291. The van der Waals surface area contributed by atoms with Crippen molar-refractivity contribution in [1.29, 1.82) is 0 Å². The third-order valence-corrected chi connectivity index (χ3v) is 4.79. The average Bonchev–Trinajstić information content (AvgIpc) is 3.01. The van der Waals surface area contributed by atoms with Gasteiger partial charge in [0.05, 0.1) is 24.5 Å². The van der Waals surface area contributed by atoms with Crippen LogP contribution in [0, 0.1) is 10.7 Å². The first kappa shape index (κ1) is 22.4. The first-order valence-electron chi connectivity index (χ1n) is 9.71. The maximum Gasteiger partial charge on any atom is 0.216 e. The maximum absolute atomic E-state index is 6.46. The van der Waals surface area contributed by atoms with Gasteiger partial charge in [0.2, 0.25) is 4.77 Å². The van der Waals surface area contributed by atoms with Crippen LogP contribution in [0.4, 0.5) is 0 Å². The molecule has 0 bridgehead atoms. The minimum atomic E-state index is 0.291. The smallest absolute Gasteiger partial charge is 0.216 e. The lowest BCUT2D eigenvalue weighted by atomic mass is 10.0. The molecule has 6 nitrogen and oxygen atoms in total. The lowest BCUT2D eigenvalue weighted by molar-refractivity contribution is 0.248. The summed E-state index contributed by atoms with van der Waals surface area (Å²) in [4.78, 5) is 0. The van der Waals surface area contributed by atoms with Crippen LogP contribution in [0.5, 0.6) is 11.5 Å². The molecule has 154 valence electrons. The molecular formula is C20H29ClN4O2S. The van der Waals surface area contributed by atoms with Gasteiger partial charge < -0.3 is 9.47 Å². The zero-order valence-corrected chi connectivity index (χ0v) is 18.7. The van der Waals surface area contributed by atoms with E-state index in [1.165, 1.54) is 0 Å². The van der Waals surface area contributed by atoms with Gasteiger partial charge in [-0.3, -0.25) is 5.10 Å². The fourth-order valence-electron chi connectivity index (χ4n) is 2.77. The molecule has 8 heteroatoms. The highest BCUT2D eigenvalue weighted by molar-refractivity contribution is 7.71. The molecule has 0 spiro atoms. The monoisotopic (exact) mass is 424 g/mol. The highest BCUT2D eigenvalue weighted by Crippen LogP contribution is 2.36. The van der Waals surface area contributed by atoms with Crippen LogP contribution in [0.15, 0.2) is 17.2 Å². The Bertz CT molecular complexity index is 856. The fraction of sp³-hybridized carbons (Fsp3) is 0.550. The number of hydrogen-bond acceptors (Lipinski definition) is 5. The fourth-order valence-corrected chi connectivity index (χ4v) is 3.23. The predicted molar refractivity (Wildman–Crippen MR) is 117 cm³/mol. The largest absolute Gasteiger partial charge is 0.490 e. The average molecular weight is 425 g/mol. The molecule has 2 aromatic rings. The molecule has 0 aliphatic carbocycles. The van der Waals surface area contributed by atoms with E-state index in [9.17, 15) is 0 Å². The molecular weight excluding hydrogens is 396 g/mol. The molecule has 0 saturated heterocycles. The number of nitrogens with zero attached hydrogens (tertiary/aromatic N) is 3. The molecule has 0 amide bonds. The van der Waals surface area contributed by atoms with E-state index in [0.717, 1.165) is 24.2 Å². The summed E-state index contributed by atoms with van der Waals surface area (Å²) >= 11 is 11.8. The Morgan fingerprint density at radius 2 is 1.96 bits per heavy atom. The number of rotatable bonds is 10. The quantitative estimate of drug-likeness (QED) is 0.386. The van der Waals surface area contributed by atoms with Crippen molar-refractivity contribution in [1.82, 2.24) is 14.9 Å². The van der Waals surface area contributed by atoms with E-state index in [1.807, 2.05) is 19.1 Å². The van der Waals surface area contributed by atoms with E-state index < -0.39 is 0 Å². The number of halogens is 1. The van der Waals surface area contributed by atoms with Crippen molar-refractivity contribution in [3.63, 3.8) is 0 Å². The second-order valence-electron chi connectivity index (χ2n) is 6.92. The van der Waals surface area contributed by atoms with Crippen molar-refractivity contribution in [2.24, 2.45) is 11.0 Å². The first-order valence-corrected chi connectivity index (χ1v) is 10.5. The molecule has 0 radical (unpaired) electrons. The SMILES string of the molecule is CCOc1cc(/C=N\n2c(C(CC)CC)n[nH]c2=S)cc(Cl)c1OCC(C)C. The second-order valence-corrected chi connectivity index (χ2v) is 7.72. The van der Waals surface area contributed by atoms with E-state index in [4.69, 9.17) is 33.3 Å². The predicted octanol–water partition coefficient (Wildman–Crippen LogP) is 5.81. The normalized spacial score (nSPS) is 11.7. The Morgan fingerprint density at radius 3 is 2.57 bits per heavy atom. The Kier molecular flexibility index (Phi) is 8.51. The van der Waals surface area contributed by atoms with Crippen molar-refractivity contribution in [2.45, 2.75) is 53.4 Å². The number of hydrogen-bond donors (Lipinski definition) is 1. The van der Waals surface area contributed by atoms with Gasteiger partial charge in [-0.2, -0.15) is 14.9 Å². The summed E-state index contributed by atoms with van der Waals surface area (Å²) in [5, 5.41) is 12.2. The standard InChI is InChI=1S/C20H29ClN4O2S/c1-6-15(7-2)19-23-24-20(28)25(19)22-11-14-9-16(21)18(27-12-13(4)5)17(10-14)26-8-3/h9-11,13,15H,6-8,12H2,1-5H3,(H,24,28)/b22-11-. The van der Waals surface area contributed by atoms with Gasteiger partial charge in [0, 0.05) is 5.92 Å². The number of nitrogens with one attached hydrogen (secondary N) is 1. The maximum atomic E-state index is 6.46. The van der Waals surface area contributed by atoms with Crippen molar-refractivity contribution >= 4 is 30.0 Å². The summed E-state index contributed by atoms with van der Waals surface area (Å²) in [6.45, 7) is 11.4. The first-order chi connectivity index (χ1) is 13.4. The second kappa shape index (κ2) is 10.6. The van der Waals surface area contributed by atoms with Crippen LogP contribution in [0.1, 0.15) is 64.8 Å². The van der Waals surface area contributed by atoms with Gasteiger partial charge >= 0.3 is 0 Å². The summed E-state index contributed by atoms with van der Waals surface area (Å²) in [5.74, 6) is 2.68. The summed E-state index contributed by atoms with van der Waals surface area (Å²) in [7, 11) is 0. The summed E-state index contributed by atoms with van der Waals surface area (Å²) < 4.78 is 13.7. The molecule has 1 aromatic carbocycles. The molecule has 0 saturated carbocycles. The van der Waals surface area contributed by atoms with Gasteiger partial charge in [-0.15, -0.1) is 0 Å². The van der Waals surface area contributed by atoms with E-state index in [2.05, 4.69) is 43.0 Å². The van der Waals surface area contributed by atoms with Crippen LogP contribution in [-0.2, 0) is 0 Å². The molecule has 0 unspecified atom stereocenters. The molecule has 1 aromatic heterocycles. The number of ether oxygens (including phenoxy) is 2. The molecule has 1 heterocycles. The molecule has 0 aliphatic heterocycles. The Hall–Kier alpha value is -1.86. The number of H-pyrrole nitrogens is 1. The lowest BCUT2D eigenvalue weighted by Crippen LogP contribution is -2.07. The number of benzene rings is 1. The van der Waals surface area contributed by atoms with Gasteiger partial charge in [0.1, 0.15) is 0 Å². The zero-order valence-electron chi connectivity index (χ0n) is 17.2. The molecule has 2 rings (SSSR count). The minimum Gasteiger partial charge on any atom is -0.490 e. The van der Waals surface area contributed by atoms with Gasteiger partial charge in [-0.25, -0.2) is 0 Å². The van der Waals surface area contributed by atoms with Crippen molar-refractivity contribution < 1.29 is 9.47 Å². The van der Waals surface area contributed by atoms with Crippen LogP contribution in [0.25, 0.3) is 0 Å². The highest BCUT2D eigenvalue weighted by Gasteiger charge is 2.16. The highest BCUT2D eigenvalue weighted by atomic mass is 35.5. The zero-order chi connectivity index (χ0) is 20.7. The summed E-state index contributed by atoms with van der Waals surface area (Å²) in [6.07, 6.45) is 3.64. The van der Waals surface area contributed by atoms with Crippen LogP contribution in [0.2, 0.25) is 5.02 Å². The molecule has 0 atom stereocenters. The van der Waals surface area contributed by atoms with E-state index in [0.29, 0.717) is 46.3 Å². The van der Waals surface area contributed by atoms with Gasteiger partial charge in [-0.05, 0) is 55.6 Å². The molecule has 1 N–H and O–H groups in total. The van der Waals surface area contributed by atoms with Gasteiger partial charge in [0.25, 0.3) is 0 Å². The van der Waals surface area contributed by atoms with Crippen molar-refractivity contribution in [3.8, 4) is 11.5 Å². The van der Waals surface area contributed by atoms with Crippen LogP contribution < -0.4 is 9.47 Å². The molecule has 0 fully saturated rings. The van der Waals surface area contributed by atoms with E-state index >= 15 is 0 Å². The Balaban J connectivity index is 2.37. The van der Waals surface area contributed by atoms with Crippen LogP contribution in [-0.4, -0.2) is 34.3 Å². The third kappa shape index (κ3) is 5.58. The Morgan fingerprint density at radius 1 is 1.25 bits per heavy atom. The molecule has 0 aliphatic rings. The lowest BCUT2D eigenvalue weighted by Gasteiger charge is -2.15. The van der Waals surface area contributed by atoms with Crippen LogP contribution in [0.3, 0.4) is 0 Å². The topological polar surface area (TPSA) is 64.4 Å². The summed E-state index contributed by atoms with van der Waals surface area (Å²) in [5.41, 5.74) is 0.795. The van der Waals surface area contributed by atoms with Crippen molar-refractivity contribution in [2.75, 3.05) is 13.2 Å². The van der Waals surface area contributed by atoms with Crippen molar-refractivity contribution in [3.05, 3.63) is 33.3 Å². The van der Waals surface area contributed by atoms with Gasteiger partial charge in [0.15, 0.2) is 17.3 Å². The Labute approximate surface area is 176 Å². The van der Waals surface area contributed by atoms with E-state index in [-0.39, 0.29) is 0 Å². The number of aromatic amines is 1. The van der Waals surface area contributed by atoms with Gasteiger partial charge in [-0.1, -0.05) is 39.3 Å². The third-order valence-electron chi connectivity index (χ3n) is 4.24. The number of aromatic nitrogens is 3. The van der Waals surface area contributed by atoms with E-state index in [1.54, 1.807) is 10.9 Å².